The van der Waals surface area contributed by atoms with E-state index >= 15 is 0 Å². The van der Waals surface area contributed by atoms with Crippen molar-refractivity contribution >= 4 is 24.0 Å². The summed E-state index contributed by atoms with van der Waals surface area (Å²) in [7, 11) is 2.04. The molecule has 0 spiro atoms. The minimum absolute atomic E-state index is 0. The smallest absolute Gasteiger partial charge is 0.0406 e. The van der Waals surface area contributed by atoms with Crippen LogP contribution in [-0.2, 0) is 6.54 Å². The zero-order valence-corrected chi connectivity index (χ0v) is 12.4. The number of nitrogens with one attached hydrogen (secondary N) is 1. The summed E-state index contributed by atoms with van der Waals surface area (Å²) in [5.41, 5.74) is 1.36. The lowest BCUT2D eigenvalue weighted by molar-refractivity contribution is 0.167. The Morgan fingerprint density at radius 3 is 2.72 bits per heavy atom. The number of hydrogen-bond donors (Lipinski definition) is 1. The molecule has 0 amide bonds. The predicted molar refractivity (Wildman–Crippen MR) is 80.6 cm³/mol. The summed E-state index contributed by atoms with van der Waals surface area (Å²) in [6.07, 6.45) is 2.68. The van der Waals surface area contributed by atoms with Crippen molar-refractivity contribution in [3.05, 3.63) is 34.9 Å². The van der Waals surface area contributed by atoms with Crippen molar-refractivity contribution < 1.29 is 0 Å². The number of halogens is 2. The lowest BCUT2D eigenvalue weighted by Gasteiger charge is -2.32. The molecule has 2 nitrogen and oxygen atoms in total. The molecule has 1 unspecified atom stereocenters. The monoisotopic (exact) mass is 288 g/mol. The summed E-state index contributed by atoms with van der Waals surface area (Å²) in [6.45, 7) is 4.63. The average Bonchev–Trinajstić information content (AvgIpc) is 2.33. The van der Waals surface area contributed by atoms with E-state index in [1.54, 1.807) is 0 Å². The minimum Gasteiger partial charge on any atom is -0.319 e. The van der Waals surface area contributed by atoms with E-state index in [2.05, 4.69) is 22.3 Å². The highest BCUT2D eigenvalue weighted by Gasteiger charge is 2.18. The van der Waals surface area contributed by atoms with E-state index in [-0.39, 0.29) is 12.4 Å². The molecule has 2 rings (SSSR count). The minimum atomic E-state index is 0. The first-order valence-corrected chi connectivity index (χ1v) is 6.77. The highest BCUT2D eigenvalue weighted by molar-refractivity contribution is 6.30. The van der Waals surface area contributed by atoms with Gasteiger partial charge in [-0.25, -0.2) is 0 Å². The summed E-state index contributed by atoms with van der Waals surface area (Å²) in [6, 6.07) is 8.21. The van der Waals surface area contributed by atoms with E-state index < -0.39 is 0 Å². The van der Waals surface area contributed by atoms with Gasteiger partial charge in [0.25, 0.3) is 0 Å². The van der Waals surface area contributed by atoms with Crippen molar-refractivity contribution in [1.29, 1.82) is 0 Å². The fourth-order valence-corrected chi connectivity index (χ4v) is 2.72. The molecule has 0 bridgehead atoms. The van der Waals surface area contributed by atoms with Crippen LogP contribution in [0.5, 0.6) is 0 Å². The van der Waals surface area contributed by atoms with Gasteiger partial charge in [0.15, 0.2) is 0 Å². The molecule has 0 radical (unpaired) electrons. The number of likely N-dealkylation sites (tertiary alicyclic amines) is 1. The van der Waals surface area contributed by atoms with Gasteiger partial charge in [0, 0.05) is 18.1 Å². The molecule has 18 heavy (non-hydrogen) atoms. The maximum absolute atomic E-state index is 5.90. The second-order valence-electron chi connectivity index (χ2n) is 4.93. The molecule has 1 aliphatic rings. The molecule has 0 aliphatic carbocycles. The van der Waals surface area contributed by atoms with E-state index in [9.17, 15) is 0 Å². The van der Waals surface area contributed by atoms with Crippen LogP contribution in [0.1, 0.15) is 18.4 Å². The van der Waals surface area contributed by atoms with E-state index in [0.717, 1.165) is 24.0 Å². The quantitative estimate of drug-likeness (QED) is 0.915. The standard InChI is InChI=1S/C14H21ClN2.ClH/c1-16-9-13-3-2-8-17(11-13)10-12-4-6-14(15)7-5-12;/h4-7,13,16H,2-3,8-11H2,1H3;1H. The van der Waals surface area contributed by atoms with Crippen LogP contribution in [0.25, 0.3) is 0 Å². The molecule has 102 valence electrons. The Bertz CT molecular complexity index is 338. The maximum atomic E-state index is 5.90. The van der Waals surface area contributed by atoms with Gasteiger partial charge in [-0.15, -0.1) is 12.4 Å². The summed E-state index contributed by atoms with van der Waals surface area (Å²) >= 11 is 5.90. The van der Waals surface area contributed by atoms with Crippen molar-refractivity contribution in [3.8, 4) is 0 Å². The first-order chi connectivity index (χ1) is 8.28. The van der Waals surface area contributed by atoms with Crippen LogP contribution in [0.2, 0.25) is 5.02 Å². The molecule has 1 N–H and O–H groups in total. The number of benzene rings is 1. The summed E-state index contributed by atoms with van der Waals surface area (Å²) in [5.74, 6) is 0.807. The van der Waals surface area contributed by atoms with Crippen molar-refractivity contribution in [2.75, 3.05) is 26.7 Å². The highest BCUT2D eigenvalue weighted by Crippen LogP contribution is 2.18. The first kappa shape index (κ1) is 15.8. The largest absolute Gasteiger partial charge is 0.319 e. The predicted octanol–water partition coefficient (Wildman–Crippen LogP) is 3.19. The molecule has 1 aromatic carbocycles. The maximum Gasteiger partial charge on any atom is 0.0406 e. The summed E-state index contributed by atoms with van der Waals surface area (Å²) < 4.78 is 0. The Labute approximate surface area is 121 Å². The molecular formula is C14H22Cl2N2. The molecule has 4 heteroatoms. The zero-order valence-electron chi connectivity index (χ0n) is 10.9. The lowest BCUT2D eigenvalue weighted by atomic mass is 9.97. The van der Waals surface area contributed by atoms with Crippen LogP contribution in [-0.4, -0.2) is 31.6 Å². The Hall–Kier alpha value is -0.280. The summed E-state index contributed by atoms with van der Waals surface area (Å²) in [4.78, 5) is 2.55. The second kappa shape index (κ2) is 8.00. The molecule has 0 saturated carbocycles. The first-order valence-electron chi connectivity index (χ1n) is 6.39. The molecule has 1 heterocycles. The topological polar surface area (TPSA) is 15.3 Å². The number of hydrogen-bond acceptors (Lipinski definition) is 2. The van der Waals surface area contributed by atoms with Crippen LogP contribution in [0, 0.1) is 5.92 Å². The van der Waals surface area contributed by atoms with Crippen LogP contribution in [0.4, 0.5) is 0 Å². The average molecular weight is 289 g/mol. The third-order valence-electron chi connectivity index (χ3n) is 3.42. The van der Waals surface area contributed by atoms with Crippen molar-refractivity contribution in [2.24, 2.45) is 5.92 Å². The van der Waals surface area contributed by atoms with Gasteiger partial charge in [0.1, 0.15) is 0 Å². The van der Waals surface area contributed by atoms with Gasteiger partial charge >= 0.3 is 0 Å². The van der Waals surface area contributed by atoms with Gasteiger partial charge in [0.05, 0.1) is 0 Å². The SMILES string of the molecule is CNCC1CCCN(Cc2ccc(Cl)cc2)C1.Cl. The Morgan fingerprint density at radius 1 is 1.33 bits per heavy atom. The van der Waals surface area contributed by atoms with Crippen LogP contribution in [0.15, 0.2) is 24.3 Å². The van der Waals surface area contributed by atoms with Gasteiger partial charge in [-0.3, -0.25) is 4.90 Å². The number of piperidine rings is 1. The van der Waals surface area contributed by atoms with Crippen molar-refractivity contribution in [3.63, 3.8) is 0 Å². The third-order valence-corrected chi connectivity index (χ3v) is 3.67. The normalized spacial score (nSPS) is 20.4. The Balaban J connectivity index is 0.00000162. The van der Waals surface area contributed by atoms with Gasteiger partial charge in [-0.1, -0.05) is 23.7 Å². The van der Waals surface area contributed by atoms with Crippen molar-refractivity contribution in [2.45, 2.75) is 19.4 Å². The molecule has 1 atom stereocenters. The lowest BCUT2D eigenvalue weighted by Crippen LogP contribution is -2.38. The number of rotatable bonds is 4. The molecule has 1 aliphatic heterocycles. The number of nitrogens with zero attached hydrogens (tertiary/aromatic N) is 1. The summed E-state index contributed by atoms with van der Waals surface area (Å²) in [5, 5.41) is 4.11. The van der Waals surface area contributed by atoms with Gasteiger partial charge in [0.2, 0.25) is 0 Å². The van der Waals surface area contributed by atoms with Crippen LogP contribution in [0.3, 0.4) is 0 Å². The fraction of sp³-hybridized carbons (Fsp3) is 0.571. The molecule has 1 saturated heterocycles. The van der Waals surface area contributed by atoms with Gasteiger partial charge < -0.3 is 5.32 Å². The Kier molecular flexibility index (Phi) is 7.02. The van der Waals surface area contributed by atoms with Gasteiger partial charge in [-0.05, 0) is 56.6 Å². The van der Waals surface area contributed by atoms with E-state index in [4.69, 9.17) is 11.6 Å². The molecule has 0 aromatic heterocycles. The van der Waals surface area contributed by atoms with Crippen LogP contribution >= 0.6 is 24.0 Å². The molecular weight excluding hydrogens is 267 g/mol. The Morgan fingerprint density at radius 2 is 2.06 bits per heavy atom. The second-order valence-corrected chi connectivity index (χ2v) is 5.36. The molecule has 1 fully saturated rings. The van der Waals surface area contributed by atoms with E-state index in [0.29, 0.717) is 0 Å². The van der Waals surface area contributed by atoms with Crippen molar-refractivity contribution in [1.82, 2.24) is 10.2 Å². The highest BCUT2D eigenvalue weighted by atomic mass is 35.5. The van der Waals surface area contributed by atoms with Crippen LogP contribution < -0.4 is 5.32 Å². The fourth-order valence-electron chi connectivity index (χ4n) is 2.60. The van der Waals surface area contributed by atoms with Gasteiger partial charge in [-0.2, -0.15) is 0 Å². The third kappa shape index (κ3) is 4.77. The molecule has 1 aromatic rings. The van der Waals surface area contributed by atoms with E-state index in [1.807, 2.05) is 19.2 Å². The van der Waals surface area contributed by atoms with E-state index in [1.165, 1.54) is 31.5 Å². The zero-order chi connectivity index (χ0) is 12.1.